The predicted octanol–water partition coefficient (Wildman–Crippen LogP) is 3.39. The molecule has 1 amide bonds. The Morgan fingerprint density at radius 1 is 1.15 bits per heavy atom. The number of carbonyl (C=O) groups is 1. The summed E-state index contributed by atoms with van der Waals surface area (Å²) in [5.74, 6) is 0.00920. The maximum Gasteiger partial charge on any atom is 0.412 e. The van der Waals surface area contributed by atoms with E-state index in [-0.39, 0.29) is 12.0 Å². The number of methoxy groups -OCH3 is 1. The molecule has 0 bridgehead atoms. The summed E-state index contributed by atoms with van der Waals surface area (Å²) >= 11 is 0. The largest absolute Gasteiger partial charge is 0.419 e. The van der Waals surface area contributed by atoms with E-state index in [4.69, 9.17) is 9.47 Å². The van der Waals surface area contributed by atoms with E-state index in [0.717, 1.165) is 31.5 Å². The van der Waals surface area contributed by atoms with Crippen molar-refractivity contribution in [1.82, 2.24) is 4.90 Å². The number of nitrogens with zero attached hydrogens (tertiary/aromatic N) is 1. The molecular weight excluding hydrogens is 254 g/mol. The van der Waals surface area contributed by atoms with Gasteiger partial charge in [0.2, 0.25) is 6.29 Å². The SMILES string of the molecule is COC(OC(=O)N1CCCCC1)C(C)c1ccccc1. The zero-order valence-electron chi connectivity index (χ0n) is 12.2. The van der Waals surface area contributed by atoms with E-state index in [9.17, 15) is 4.79 Å². The minimum absolute atomic E-state index is 0.00920. The van der Waals surface area contributed by atoms with Crippen LogP contribution in [0.5, 0.6) is 0 Å². The lowest BCUT2D eigenvalue weighted by molar-refractivity contribution is -0.104. The Balaban J connectivity index is 1.96. The molecule has 1 fully saturated rings. The first-order valence-corrected chi connectivity index (χ1v) is 7.25. The highest BCUT2D eigenvalue weighted by atomic mass is 16.7. The second-order valence-electron chi connectivity index (χ2n) is 5.23. The van der Waals surface area contributed by atoms with Crippen molar-refractivity contribution >= 4 is 6.09 Å². The van der Waals surface area contributed by atoms with Gasteiger partial charge in [-0.05, 0) is 24.8 Å². The average molecular weight is 277 g/mol. The minimum Gasteiger partial charge on any atom is -0.419 e. The van der Waals surface area contributed by atoms with Crippen LogP contribution in [0.2, 0.25) is 0 Å². The van der Waals surface area contributed by atoms with Crippen LogP contribution < -0.4 is 0 Å². The molecule has 1 aliphatic heterocycles. The quantitative estimate of drug-likeness (QED) is 0.792. The number of ether oxygens (including phenoxy) is 2. The molecule has 20 heavy (non-hydrogen) atoms. The van der Waals surface area contributed by atoms with Crippen molar-refractivity contribution in [3.8, 4) is 0 Å². The number of amides is 1. The molecule has 110 valence electrons. The van der Waals surface area contributed by atoms with Gasteiger partial charge in [0.25, 0.3) is 0 Å². The van der Waals surface area contributed by atoms with Crippen LogP contribution in [0, 0.1) is 0 Å². The Hall–Kier alpha value is -1.55. The molecule has 4 heteroatoms. The van der Waals surface area contributed by atoms with E-state index in [0.29, 0.717) is 0 Å². The van der Waals surface area contributed by atoms with Gasteiger partial charge < -0.3 is 14.4 Å². The maximum atomic E-state index is 12.1. The Morgan fingerprint density at radius 3 is 2.40 bits per heavy atom. The van der Waals surface area contributed by atoms with Gasteiger partial charge in [-0.25, -0.2) is 4.79 Å². The number of likely N-dealkylation sites (tertiary alicyclic amines) is 1. The molecule has 2 rings (SSSR count). The zero-order valence-corrected chi connectivity index (χ0v) is 12.2. The number of hydrogen-bond acceptors (Lipinski definition) is 3. The van der Waals surface area contributed by atoms with Crippen molar-refractivity contribution in [1.29, 1.82) is 0 Å². The van der Waals surface area contributed by atoms with Crippen molar-refractivity contribution in [2.75, 3.05) is 20.2 Å². The molecule has 4 nitrogen and oxygen atoms in total. The van der Waals surface area contributed by atoms with E-state index >= 15 is 0 Å². The smallest absolute Gasteiger partial charge is 0.412 e. The predicted molar refractivity (Wildman–Crippen MR) is 77.6 cm³/mol. The summed E-state index contributed by atoms with van der Waals surface area (Å²) < 4.78 is 10.9. The Labute approximate surface area is 120 Å². The summed E-state index contributed by atoms with van der Waals surface area (Å²) in [7, 11) is 1.58. The highest BCUT2D eigenvalue weighted by Crippen LogP contribution is 2.23. The van der Waals surface area contributed by atoms with Gasteiger partial charge in [0.15, 0.2) is 0 Å². The lowest BCUT2D eigenvalue weighted by Crippen LogP contribution is -2.39. The highest BCUT2D eigenvalue weighted by Gasteiger charge is 2.26. The van der Waals surface area contributed by atoms with Gasteiger partial charge in [-0.1, -0.05) is 37.3 Å². The number of hydrogen-bond donors (Lipinski definition) is 0. The monoisotopic (exact) mass is 277 g/mol. The second-order valence-corrected chi connectivity index (χ2v) is 5.23. The number of piperidine rings is 1. The van der Waals surface area contributed by atoms with E-state index in [2.05, 4.69) is 0 Å². The molecule has 1 aromatic carbocycles. The minimum atomic E-state index is -0.549. The summed E-state index contributed by atoms with van der Waals surface area (Å²) in [6.07, 6.45) is 2.49. The summed E-state index contributed by atoms with van der Waals surface area (Å²) in [5, 5.41) is 0. The summed E-state index contributed by atoms with van der Waals surface area (Å²) in [6.45, 7) is 3.58. The topological polar surface area (TPSA) is 38.8 Å². The average Bonchev–Trinajstić information content (AvgIpc) is 2.53. The Morgan fingerprint density at radius 2 is 1.80 bits per heavy atom. The number of carbonyl (C=O) groups excluding carboxylic acids is 1. The molecule has 1 aromatic rings. The van der Waals surface area contributed by atoms with Crippen molar-refractivity contribution in [2.24, 2.45) is 0 Å². The molecule has 1 heterocycles. The molecule has 0 aromatic heterocycles. The van der Waals surface area contributed by atoms with E-state index in [1.807, 2.05) is 37.3 Å². The summed E-state index contributed by atoms with van der Waals surface area (Å²) in [6, 6.07) is 9.96. The van der Waals surface area contributed by atoms with Crippen molar-refractivity contribution in [3.05, 3.63) is 35.9 Å². The first-order valence-electron chi connectivity index (χ1n) is 7.25. The van der Waals surface area contributed by atoms with Crippen LogP contribution in [-0.4, -0.2) is 37.5 Å². The fourth-order valence-corrected chi connectivity index (χ4v) is 2.52. The third-order valence-corrected chi connectivity index (χ3v) is 3.80. The van der Waals surface area contributed by atoms with Crippen LogP contribution in [0.3, 0.4) is 0 Å². The fourth-order valence-electron chi connectivity index (χ4n) is 2.52. The molecule has 0 N–H and O–H groups in total. The molecule has 2 unspecified atom stereocenters. The molecule has 1 saturated heterocycles. The molecule has 0 saturated carbocycles. The second kappa shape index (κ2) is 7.29. The molecule has 1 aliphatic rings. The normalized spacial score (nSPS) is 18.4. The third-order valence-electron chi connectivity index (χ3n) is 3.80. The van der Waals surface area contributed by atoms with Crippen LogP contribution in [0.1, 0.15) is 37.7 Å². The molecule has 2 atom stereocenters. The maximum absolute atomic E-state index is 12.1. The van der Waals surface area contributed by atoms with Crippen molar-refractivity contribution in [3.63, 3.8) is 0 Å². The first kappa shape index (κ1) is 14.9. The first-order chi connectivity index (χ1) is 9.72. The van der Waals surface area contributed by atoms with Gasteiger partial charge in [0, 0.05) is 26.1 Å². The van der Waals surface area contributed by atoms with E-state index < -0.39 is 6.29 Å². The third kappa shape index (κ3) is 3.73. The van der Waals surface area contributed by atoms with Gasteiger partial charge in [0.1, 0.15) is 0 Å². The fraction of sp³-hybridized carbons (Fsp3) is 0.562. The van der Waals surface area contributed by atoms with E-state index in [1.54, 1.807) is 12.0 Å². The highest BCUT2D eigenvalue weighted by molar-refractivity contribution is 5.67. The van der Waals surface area contributed by atoms with Gasteiger partial charge in [-0.15, -0.1) is 0 Å². The van der Waals surface area contributed by atoms with Crippen LogP contribution >= 0.6 is 0 Å². The van der Waals surface area contributed by atoms with Gasteiger partial charge in [-0.2, -0.15) is 0 Å². The van der Waals surface area contributed by atoms with Crippen LogP contribution in [0.25, 0.3) is 0 Å². The Kier molecular flexibility index (Phi) is 5.41. The lowest BCUT2D eigenvalue weighted by Gasteiger charge is -2.29. The van der Waals surface area contributed by atoms with E-state index in [1.165, 1.54) is 6.42 Å². The standard InChI is InChI=1S/C16H23NO3/c1-13(14-9-5-3-6-10-14)15(19-2)20-16(18)17-11-7-4-8-12-17/h3,5-6,9-10,13,15H,4,7-8,11-12H2,1-2H3. The lowest BCUT2D eigenvalue weighted by atomic mass is 10.0. The molecule has 0 spiro atoms. The van der Waals surface area contributed by atoms with Crippen molar-refractivity contribution in [2.45, 2.75) is 38.4 Å². The molecular formula is C16H23NO3. The van der Waals surface area contributed by atoms with Crippen LogP contribution in [-0.2, 0) is 9.47 Å². The van der Waals surface area contributed by atoms with Gasteiger partial charge >= 0.3 is 6.09 Å². The van der Waals surface area contributed by atoms with Gasteiger partial charge in [0.05, 0.1) is 0 Å². The van der Waals surface area contributed by atoms with Gasteiger partial charge in [-0.3, -0.25) is 0 Å². The summed E-state index contributed by atoms with van der Waals surface area (Å²) in [4.78, 5) is 13.9. The number of rotatable bonds is 4. The Bertz CT molecular complexity index is 415. The number of benzene rings is 1. The zero-order chi connectivity index (χ0) is 14.4. The molecule has 0 aliphatic carbocycles. The van der Waals surface area contributed by atoms with Crippen molar-refractivity contribution < 1.29 is 14.3 Å². The van der Waals surface area contributed by atoms with Crippen LogP contribution in [0.4, 0.5) is 4.79 Å². The van der Waals surface area contributed by atoms with Crippen LogP contribution in [0.15, 0.2) is 30.3 Å². The molecule has 0 radical (unpaired) electrons. The summed E-state index contributed by atoms with van der Waals surface area (Å²) in [5.41, 5.74) is 1.10.